The van der Waals surface area contributed by atoms with Crippen LogP contribution in [0.15, 0.2) is 30.6 Å². The molecular weight excluding hydrogens is 323 g/mol. The van der Waals surface area contributed by atoms with Crippen molar-refractivity contribution in [3.63, 3.8) is 0 Å². The van der Waals surface area contributed by atoms with E-state index in [4.69, 9.17) is 0 Å². The Hall–Kier alpha value is -2.29. The molecule has 0 N–H and O–H groups in total. The summed E-state index contributed by atoms with van der Waals surface area (Å²) in [7, 11) is 2.00. The number of benzene rings is 2. The number of aromatic nitrogens is 2. The van der Waals surface area contributed by atoms with Gasteiger partial charge in [0.15, 0.2) is 5.52 Å². The summed E-state index contributed by atoms with van der Waals surface area (Å²) in [6.07, 6.45) is 2.86. The summed E-state index contributed by atoms with van der Waals surface area (Å²) in [5, 5.41) is 1.10. The first kappa shape index (κ1) is 18.5. The van der Waals surface area contributed by atoms with Gasteiger partial charge in [0.05, 0.1) is 12.4 Å². The molecule has 0 spiro atoms. The van der Waals surface area contributed by atoms with Crippen LogP contribution in [0.2, 0.25) is 0 Å². The summed E-state index contributed by atoms with van der Waals surface area (Å²) in [6.45, 7) is 12.4. The molecule has 136 valence electrons. The summed E-state index contributed by atoms with van der Waals surface area (Å²) >= 11 is 0. The summed E-state index contributed by atoms with van der Waals surface area (Å²) in [5.41, 5.74) is 7.04. The van der Waals surface area contributed by atoms with Gasteiger partial charge in [-0.05, 0) is 78.0 Å². The largest absolute Gasteiger partial charge is 0.287 e. The van der Waals surface area contributed by atoms with E-state index in [0.717, 1.165) is 34.1 Å². The van der Waals surface area contributed by atoms with Crippen LogP contribution < -0.4 is 4.57 Å². The number of fused-ring (bicyclic) bond motifs is 1. The lowest BCUT2D eigenvalue weighted by Crippen LogP contribution is -2.32. The van der Waals surface area contributed by atoms with Crippen molar-refractivity contribution in [2.45, 2.75) is 48.0 Å². The fourth-order valence-corrected chi connectivity index (χ4v) is 3.63. The van der Waals surface area contributed by atoms with Crippen LogP contribution in [0.1, 0.15) is 43.0 Å². The van der Waals surface area contributed by atoms with Gasteiger partial charge in [-0.2, -0.15) is 0 Å². The molecular formula is C23H28FN2+. The van der Waals surface area contributed by atoms with Crippen LogP contribution in [0.4, 0.5) is 4.39 Å². The van der Waals surface area contributed by atoms with Crippen LogP contribution in [-0.4, -0.2) is 4.98 Å². The number of rotatable bonds is 2. The topological polar surface area (TPSA) is 16.8 Å². The third kappa shape index (κ3) is 3.35. The molecule has 0 bridgehead atoms. The second-order valence-corrected chi connectivity index (χ2v) is 8.60. The van der Waals surface area contributed by atoms with Crippen molar-refractivity contribution in [1.29, 1.82) is 0 Å². The molecule has 3 rings (SSSR count). The van der Waals surface area contributed by atoms with Gasteiger partial charge >= 0.3 is 0 Å². The average molecular weight is 351 g/mol. The molecule has 0 aliphatic carbocycles. The Morgan fingerprint density at radius 2 is 1.73 bits per heavy atom. The van der Waals surface area contributed by atoms with E-state index in [-0.39, 0.29) is 11.2 Å². The third-order valence-electron chi connectivity index (χ3n) is 5.03. The van der Waals surface area contributed by atoms with Crippen LogP contribution >= 0.6 is 0 Å². The molecule has 0 atom stereocenters. The Labute approximate surface area is 155 Å². The molecule has 3 aromatic rings. The highest BCUT2D eigenvalue weighted by molar-refractivity contribution is 5.92. The minimum Gasteiger partial charge on any atom is -0.232 e. The van der Waals surface area contributed by atoms with Crippen LogP contribution in [0, 0.1) is 32.0 Å². The third-order valence-corrected chi connectivity index (χ3v) is 5.03. The average Bonchev–Trinajstić information content (AvgIpc) is 2.55. The van der Waals surface area contributed by atoms with Gasteiger partial charge in [0.1, 0.15) is 11.5 Å². The van der Waals surface area contributed by atoms with Crippen molar-refractivity contribution in [3.8, 4) is 11.3 Å². The zero-order valence-corrected chi connectivity index (χ0v) is 16.9. The fraction of sp³-hybridized carbons (Fsp3) is 0.391. The second-order valence-electron chi connectivity index (χ2n) is 8.60. The van der Waals surface area contributed by atoms with Gasteiger partial charge in [0, 0.05) is 5.56 Å². The summed E-state index contributed by atoms with van der Waals surface area (Å²) in [6, 6.07) is 8.49. The van der Waals surface area contributed by atoms with Crippen molar-refractivity contribution in [2.24, 2.45) is 12.5 Å². The summed E-state index contributed by atoms with van der Waals surface area (Å²) in [5.74, 6) is -0.111. The van der Waals surface area contributed by atoms with Gasteiger partial charge in [0.2, 0.25) is 0 Å². The molecule has 26 heavy (non-hydrogen) atoms. The molecule has 0 fully saturated rings. The first-order chi connectivity index (χ1) is 12.1. The first-order valence-corrected chi connectivity index (χ1v) is 9.12. The fourth-order valence-electron chi connectivity index (χ4n) is 3.63. The quantitative estimate of drug-likeness (QED) is 0.567. The van der Waals surface area contributed by atoms with Crippen molar-refractivity contribution >= 4 is 10.9 Å². The lowest BCUT2D eigenvalue weighted by Gasteiger charge is -2.18. The van der Waals surface area contributed by atoms with E-state index in [1.165, 1.54) is 5.56 Å². The molecule has 2 nitrogen and oxygen atoms in total. The maximum Gasteiger partial charge on any atom is 0.287 e. The molecule has 0 amide bonds. The standard InChI is InChI=1S/C23H28FN2/c1-14-10-19(15(2)16(3)21(14)24)22-18-9-8-17(12-23(4,5)6)11-20(18)25-13-26(22)7/h8-11,13H,12H2,1-7H3/q+1. The number of hydrogen-bond donors (Lipinski definition) is 0. The van der Waals surface area contributed by atoms with E-state index >= 15 is 0 Å². The Kier molecular flexibility index (Phi) is 4.60. The Morgan fingerprint density at radius 3 is 2.38 bits per heavy atom. The molecule has 2 aromatic carbocycles. The molecule has 1 heterocycles. The van der Waals surface area contributed by atoms with Crippen molar-refractivity contribution in [1.82, 2.24) is 4.98 Å². The van der Waals surface area contributed by atoms with E-state index in [2.05, 4.69) is 44.0 Å². The van der Waals surface area contributed by atoms with E-state index in [1.54, 1.807) is 0 Å². The van der Waals surface area contributed by atoms with E-state index in [9.17, 15) is 4.39 Å². The normalized spacial score (nSPS) is 12.0. The van der Waals surface area contributed by atoms with Gasteiger partial charge in [-0.3, -0.25) is 0 Å². The predicted molar refractivity (Wildman–Crippen MR) is 106 cm³/mol. The maximum absolute atomic E-state index is 14.3. The van der Waals surface area contributed by atoms with Crippen molar-refractivity contribution in [3.05, 3.63) is 58.7 Å². The molecule has 3 heteroatoms. The minimum atomic E-state index is -0.111. The van der Waals surface area contributed by atoms with Gasteiger partial charge in [0.25, 0.3) is 6.33 Å². The number of aryl methyl sites for hydroxylation is 2. The highest BCUT2D eigenvalue weighted by Gasteiger charge is 2.21. The Morgan fingerprint density at radius 1 is 1.04 bits per heavy atom. The van der Waals surface area contributed by atoms with E-state index in [1.807, 2.05) is 44.8 Å². The summed E-state index contributed by atoms with van der Waals surface area (Å²) < 4.78 is 16.3. The van der Waals surface area contributed by atoms with E-state index in [0.29, 0.717) is 11.1 Å². The maximum atomic E-state index is 14.3. The van der Waals surface area contributed by atoms with Crippen LogP contribution in [0.3, 0.4) is 0 Å². The van der Waals surface area contributed by atoms with Crippen LogP contribution in [-0.2, 0) is 13.5 Å². The molecule has 0 radical (unpaired) electrons. The van der Waals surface area contributed by atoms with Gasteiger partial charge in [-0.15, -0.1) is 0 Å². The Bertz CT molecular complexity index is 997. The molecule has 0 saturated heterocycles. The highest BCUT2D eigenvalue weighted by Crippen LogP contribution is 2.32. The molecule has 0 saturated carbocycles. The highest BCUT2D eigenvalue weighted by atomic mass is 19.1. The van der Waals surface area contributed by atoms with Gasteiger partial charge in [-0.1, -0.05) is 26.8 Å². The number of halogens is 1. The van der Waals surface area contributed by atoms with Crippen LogP contribution in [0.25, 0.3) is 22.2 Å². The van der Waals surface area contributed by atoms with Crippen LogP contribution in [0.5, 0.6) is 0 Å². The number of hydrogen-bond acceptors (Lipinski definition) is 1. The SMILES string of the molecule is Cc1cc(-c2c3ccc(CC(C)(C)C)cc3nc[n+]2C)c(C)c(C)c1F. The second kappa shape index (κ2) is 6.46. The first-order valence-electron chi connectivity index (χ1n) is 9.12. The van der Waals surface area contributed by atoms with Crippen molar-refractivity contribution < 1.29 is 8.96 Å². The van der Waals surface area contributed by atoms with Gasteiger partial charge in [-0.25, -0.2) is 8.96 Å². The van der Waals surface area contributed by atoms with Gasteiger partial charge < -0.3 is 0 Å². The van der Waals surface area contributed by atoms with E-state index < -0.39 is 0 Å². The molecule has 0 aliphatic heterocycles. The molecule has 0 unspecified atom stereocenters. The monoisotopic (exact) mass is 351 g/mol. The number of nitrogens with zero attached hydrogens (tertiary/aromatic N) is 2. The lowest BCUT2D eigenvalue weighted by molar-refractivity contribution is -0.662. The lowest BCUT2D eigenvalue weighted by atomic mass is 9.87. The Balaban J connectivity index is 2.26. The minimum absolute atomic E-state index is 0.111. The molecule has 0 aliphatic rings. The zero-order valence-electron chi connectivity index (χ0n) is 16.9. The molecule has 1 aromatic heterocycles. The zero-order chi connectivity index (χ0) is 19.2. The predicted octanol–water partition coefficient (Wildman–Crippen LogP) is 5.38. The summed E-state index contributed by atoms with van der Waals surface area (Å²) in [4.78, 5) is 4.64. The smallest absolute Gasteiger partial charge is 0.232 e. The van der Waals surface area contributed by atoms with Crippen molar-refractivity contribution in [2.75, 3.05) is 0 Å².